The van der Waals surface area contributed by atoms with Crippen molar-refractivity contribution in [2.45, 2.75) is 19.8 Å². The van der Waals surface area contributed by atoms with Crippen LogP contribution in [0.25, 0.3) is 0 Å². The molecule has 7 nitrogen and oxygen atoms in total. The third-order valence-electron chi connectivity index (χ3n) is 2.57. The van der Waals surface area contributed by atoms with Crippen molar-refractivity contribution in [2.75, 3.05) is 51.1 Å². The van der Waals surface area contributed by atoms with E-state index in [1.54, 1.807) is 7.11 Å². The minimum atomic E-state index is -0.188. The number of rotatable bonds is 11. The predicted octanol–water partition coefficient (Wildman–Crippen LogP) is 1.33. The average Bonchev–Trinajstić information content (AvgIpc) is 2.85. The van der Waals surface area contributed by atoms with Crippen molar-refractivity contribution < 1.29 is 14.3 Å². The van der Waals surface area contributed by atoms with Gasteiger partial charge in [0.15, 0.2) is 5.13 Å². The average molecular weight is 316 g/mol. The normalized spacial score (nSPS) is 10.6. The number of anilines is 2. The molecule has 0 fully saturated rings. The van der Waals surface area contributed by atoms with Crippen molar-refractivity contribution >= 4 is 28.2 Å². The lowest BCUT2D eigenvalue weighted by atomic mass is 10.4. The van der Waals surface area contributed by atoms with Gasteiger partial charge >= 0.3 is 0 Å². The largest absolute Gasteiger partial charge is 0.382 e. The maximum atomic E-state index is 12.0. The first-order chi connectivity index (χ1) is 10.2. The molecular weight excluding hydrogens is 292 g/mol. The van der Waals surface area contributed by atoms with E-state index in [4.69, 9.17) is 15.2 Å². The summed E-state index contributed by atoms with van der Waals surface area (Å²) in [7, 11) is 1.63. The molecule has 0 aliphatic heterocycles. The first-order valence-electron chi connectivity index (χ1n) is 7.04. The maximum Gasteiger partial charge on any atom is 0.265 e. The zero-order chi connectivity index (χ0) is 15.5. The van der Waals surface area contributed by atoms with Gasteiger partial charge < -0.3 is 25.8 Å². The summed E-state index contributed by atoms with van der Waals surface area (Å²) in [6, 6.07) is 0. The SMILES string of the molecule is CCCNc1nc(N)c(C(=O)NCCCOCCOC)s1. The summed E-state index contributed by atoms with van der Waals surface area (Å²) in [6.07, 6.45) is 1.74. The molecule has 0 atom stereocenters. The molecule has 8 heteroatoms. The number of hydrogen-bond acceptors (Lipinski definition) is 7. The minimum absolute atomic E-state index is 0.188. The Bertz CT molecular complexity index is 426. The molecule has 0 saturated heterocycles. The quantitative estimate of drug-likeness (QED) is 0.533. The van der Waals surface area contributed by atoms with Crippen LogP contribution < -0.4 is 16.4 Å². The van der Waals surface area contributed by atoms with Gasteiger partial charge in [0.25, 0.3) is 5.91 Å². The van der Waals surface area contributed by atoms with Gasteiger partial charge in [-0.25, -0.2) is 4.98 Å². The van der Waals surface area contributed by atoms with Crippen molar-refractivity contribution in [2.24, 2.45) is 0 Å². The van der Waals surface area contributed by atoms with E-state index in [1.165, 1.54) is 11.3 Å². The van der Waals surface area contributed by atoms with Crippen LogP contribution in [0.3, 0.4) is 0 Å². The lowest BCUT2D eigenvalue weighted by Crippen LogP contribution is -2.25. The van der Waals surface area contributed by atoms with E-state index in [0.29, 0.717) is 36.4 Å². The molecule has 21 heavy (non-hydrogen) atoms. The Hall–Kier alpha value is -1.38. The Morgan fingerprint density at radius 1 is 1.33 bits per heavy atom. The summed E-state index contributed by atoms with van der Waals surface area (Å²) in [5.74, 6) is 0.0823. The van der Waals surface area contributed by atoms with Crippen LogP contribution in [0.15, 0.2) is 0 Å². The number of carbonyl (C=O) groups excluding carboxylic acids is 1. The van der Waals surface area contributed by atoms with Gasteiger partial charge in [-0.3, -0.25) is 4.79 Å². The van der Waals surface area contributed by atoms with Gasteiger partial charge in [0.1, 0.15) is 10.7 Å². The summed E-state index contributed by atoms with van der Waals surface area (Å²) in [6.45, 7) is 5.15. The number of nitrogens with two attached hydrogens (primary N) is 1. The topological polar surface area (TPSA) is 98.5 Å². The van der Waals surface area contributed by atoms with Crippen molar-refractivity contribution in [3.8, 4) is 0 Å². The smallest absolute Gasteiger partial charge is 0.265 e. The van der Waals surface area contributed by atoms with Crippen LogP contribution in [0.1, 0.15) is 29.4 Å². The predicted molar refractivity (Wildman–Crippen MR) is 85.0 cm³/mol. The first kappa shape index (κ1) is 17.7. The number of hydrogen-bond donors (Lipinski definition) is 3. The summed E-state index contributed by atoms with van der Waals surface area (Å²) >= 11 is 1.28. The molecule has 120 valence electrons. The fourth-order valence-corrected chi connectivity index (χ4v) is 2.33. The minimum Gasteiger partial charge on any atom is -0.382 e. The zero-order valence-electron chi connectivity index (χ0n) is 12.6. The van der Waals surface area contributed by atoms with Crippen LogP contribution in [-0.2, 0) is 9.47 Å². The Kier molecular flexibility index (Phi) is 8.72. The Balaban J connectivity index is 2.26. The number of methoxy groups -OCH3 is 1. The van der Waals surface area contributed by atoms with Gasteiger partial charge in [-0.2, -0.15) is 0 Å². The number of amides is 1. The third-order valence-corrected chi connectivity index (χ3v) is 3.60. The number of carbonyl (C=O) groups is 1. The van der Waals surface area contributed by atoms with Gasteiger partial charge in [-0.05, 0) is 12.8 Å². The van der Waals surface area contributed by atoms with E-state index in [2.05, 4.69) is 22.5 Å². The molecule has 1 aromatic heterocycles. The fraction of sp³-hybridized carbons (Fsp3) is 0.692. The highest BCUT2D eigenvalue weighted by Gasteiger charge is 2.15. The molecule has 0 aliphatic rings. The van der Waals surface area contributed by atoms with Gasteiger partial charge in [0.05, 0.1) is 13.2 Å². The number of aromatic nitrogens is 1. The highest BCUT2D eigenvalue weighted by Crippen LogP contribution is 2.24. The summed E-state index contributed by atoms with van der Waals surface area (Å²) < 4.78 is 10.2. The first-order valence-corrected chi connectivity index (χ1v) is 7.85. The van der Waals surface area contributed by atoms with E-state index in [-0.39, 0.29) is 11.7 Å². The molecule has 0 unspecified atom stereocenters. The van der Waals surface area contributed by atoms with Crippen LogP contribution in [0.2, 0.25) is 0 Å². The molecule has 0 saturated carbocycles. The summed E-state index contributed by atoms with van der Waals surface area (Å²) in [5, 5.41) is 6.62. The second-order valence-electron chi connectivity index (χ2n) is 4.37. The van der Waals surface area contributed by atoms with E-state index < -0.39 is 0 Å². The van der Waals surface area contributed by atoms with Gasteiger partial charge in [-0.1, -0.05) is 18.3 Å². The Morgan fingerprint density at radius 3 is 2.86 bits per heavy atom. The van der Waals surface area contributed by atoms with Crippen LogP contribution in [0, 0.1) is 0 Å². The second kappa shape index (κ2) is 10.4. The fourth-order valence-electron chi connectivity index (χ4n) is 1.50. The van der Waals surface area contributed by atoms with Crippen LogP contribution >= 0.6 is 11.3 Å². The highest BCUT2D eigenvalue weighted by molar-refractivity contribution is 7.18. The van der Waals surface area contributed by atoms with E-state index in [0.717, 1.165) is 19.4 Å². The van der Waals surface area contributed by atoms with E-state index in [9.17, 15) is 4.79 Å². The maximum absolute atomic E-state index is 12.0. The Morgan fingerprint density at radius 2 is 2.14 bits per heavy atom. The van der Waals surface area contributed by atoms with Crippen LogP contribution in [-0.4, -0.2) is 50.9 Å². The molecule has 1 rings (SSSR count). The molecule has 0 aromatic carbocycles. The van der Waals surface area contributed by atoms with Gasteiger partial charge in [0.2, 0.25) is 0 Å². The van der Waals surface area contributed by atoms with Crippen molar-refractivity contribution in [3.63, 3.8) is 0 Å². The Labute approximate surface area is 129 Å². The number of ether oxygens (including phenoxy) is 2. The lowest BCUT2D eigenvalue weighted by Gasteiger charge is -2.05. The van der Waals surface area contributed by atoms with Crippen molar-refractivity contribution in [3.05, 3.63) is 4.88 Å². The van der Waals surface area contributed by atoms with Gasteiger partial charge in [0, 0.05) is 26.8 Å². The van der Waals surface area contributed by atoms with Gasteiger partial charge in [-0.15, -0.1) is 0 Å². The lowest BCUT2D eigenvalue weighted by molar-refractivity contribution is 0.0688. The summed E-state index contributed by atoms with van der Waals surface area (Å²) in [4.78, 5) is 16.6. The molecule has 0 bridgehead atoms. The molecule has 1 heterocycles. The third kappa shape index (κ3) is 6.74. The van der Waals surface area contributed by atoms with Crippen molar-refractivity contribution in [1.82, 2.24) is 10.3 Å². The molecule has 0 spiro atoms. The molecular formula is C13H24N4O3S. The van der Waals surface area contributed by atoms with Crippen LogP contribution in [0.5, 0.6) is 0 Å². The molecule has 0 radical (unpaired) electrons. The van der Waals surface area contributed by atoms with Crippen LogP contribution in [0.4, 0.5) is 10.9 Å². The number of nitrogen functional groups attached to an aromatic ring is 1. The second-order valence-corrected chi connectivity index (χ2v) is 5.37. The number of nitrogens with one attached hydrogen (secondary N) is 2. The highest BCUT2D eigenvalue weighted by atomic mass is 32.1. The number of thiazole rings is 1. The van der Waals surface area contributed by atoms with Crippen molar-refractivity contribution in [1.29, 1.82) is 0 Å². The van der Waals surface area contributed by atoms with E-state index >= 15 is 0 Å². The monoisotopic (exact) mass is 316 g/mol. The molecule has 1 aromatic rings. The van der Waals surface area contributed by atoms with E-state index in [1.807, 2.05) is 0 Å². The zero-order valence-corrected chi connectivity index (χ0v) is 13.4. The summed E-state index contributed by atoms with van der Waals surface area (Å²) in [5.41, 5.74) is 5.76. The molecule has 1 amide bonds. The standard InChI is InChI=1S/C13H24N4O3S/c1-3-5-16-13-17-11(14)10(21-13)12(18)15-6-4-7-20-9-8-19-2/h3-9,14H2,1-2H3,(H,15,18)(H,16,17). The number of nitrogens with zero attached hydrogens (tertiary/aromatic N) is 1. The molecule has 4 N–H and O–H groups in total. The molecule has 0 aliphatic carbocycles.